The second kappa shape index (κ2) is 9.97. The number of aryl methyl sites for hydroxylation is 1. The largest absolute Gasteiger partial charge is 0.489 e. The maximum atomic E-state index is 12.9. The highest BCUT2D eigenvalue weighted by Gasteiger charge is 2.06. The van der Waals surface area contributed by atoms with Gasteiger partial charge < -0.3 is 14.2 Å². The van der Waals surface area contributed by atoms with Crippen LogP contribution in [0.1, 0.15) is 18.1 Å². The van der Waals surface area contributed by atoms with Gasteiger partial charge in [-0.25, -0.2) is 9.18 Å². The molecule has 0 aliphatic rings. The van der Waals surface area contributed by atoms with Gasteiger partial charge in [0.05, 0.1) is 6.61 Å². The molecular formula is C20H20BrFO4. The average Bonchev–Trinajstić information content (AvgIpc) is 2.61. The van der Waals surface area contributed by atoms with Crippen molar-refractivity contribution in [1.82, 2.24) is 0 Å². The van der Waals surface area contributed by atoms with Crippen molar-refractivity contribution in [2.75, 3.05) is 19.8 Å². The minimum Gasteiger partial charge on any atom is -0.489 e. The maximum Gasteiger partial charge on any atom is 0.344 e. The van der Waals surface area contributed by atoms with Crippen LogP contribution in [-0.2, 0) is 9.53 Å². The van der Waals surface area contributed by atoms with E-state index >= 15 is 0 Å². The number of halogens is 2. The van der Waals surface area contributed by atoms with Crippen molar-refractivity contribution in [3.63, 3.8) is 0 Å². The normalized spacial score (nSPS) is 11.2. The Morgan fingerprint density at radius 3 is 2.54 bits per heavy atom. The minimum atomic E-state index is -0.400. The van der Waals surface area contributed by atoms with E-state index in [-0.39, 0.29) is 12.4 Å². The summed E-state index contributed by atoms with van der Waals surface area (Å²) in [6.45, 7) is 4.17. The zero-order valence-electron chi connectivity index (χ0n) is 14.6. The number of carbonyl (C=O) groups excluding carboxylic acids is 1. The van der Waals surface area contributed by atoms with Crippen LogP contribution in [0.5, 0.6) is 11.5 Å². The quantitative estimate of drug-likeness (QED) is 0.568. The topological polar surface area (TPSA) is 44.8 Å². The van der Waals surface area contributed by atoms with Crippen molar-refractivity contribution in [3.8, 4) is 11.5 Å². The van der Waals surface area contributed by atoms with Crippen LogP contribution in [0.25, 0.3) is 4.48 Å². The molecular weight excluding hydrogens is 403 g/mol. The number of carbonyl (C=O) groups is 1. The number of hydrogen-bond donors (Lipinski definition) is 0. The first-order valence-corrected chi connectivity index (χ1v) is 8.92. The molecule has 0 saturated carbocycles. The van der Waals surface area contributed by atoms with Crippen molar-refractivity contribution in [2.45, 2.75) is 13.8 Å². The molecule has 0 spiro atoms. The van der Waals surface area contributed by atoms with E-state index in [1.807, 2.05) is 19.1 Å². The summed E-state index contributed by atoms with van der Waals surface area (Å²) in [4.78, 5) is 11.3. The molecule has 0 radical (unpaired) electrons. The van der Waals surface area contributed by atoms with Crippen LogP contribution >= 0.6 is 15.9 Å². The van der Waals surface area contributed by atoms with Gasteiger partial charge >= 0.3 is 5.97 Å². The van der Waals surface area contributed by atoms with Gasteiger partial charge in [0.1, 0.15) is 23.9 Å². The van der Waals surface area contributed by atoms with E-state index in [1.54, 1.807) is 31.2 Å². The Labute approximate surface area is 160 Å². The van der Waals surface area contributed by atoms with Crippen molar-refractivity contribution in [3.05, 3.63) is 65.5 Å². The first kappa shape index (κ1) is 20.0. The monoisotopic (exact) mass is 422 g/mol. The first-order valence-electron chi connectivity index (χ1n) is 8.13. The SMILES string of the molecule is CCOC(=O)COc1ccc(OC/C=C(\Br)c2ccc(F)cc2)cc1C. The summed E-state index contributed by atoms with van der Waals surface area (Å²) in [5.41, 5.74) is 1.72. The summed E-state index contributed by atoms with van der Waals surface area (Å²) in [6, 6.07) is 11.6. The summed E-state index contributed by atoms with van der Waals surface area (Å²) < 4.78 is 29.7. The Morgan fingerprint density at radius 1 is 1.15 bits per heavy atom. The highest BCUT2D eigenvalue weighted by Crippen LogP contribution is 2.25. The zero-order valence-corrected chi connectivity index (χ0v) is 16.2. The fourth-order valence-electron chi connectivity index (χ4n) is 2.15. The van der Waals surface area contributed by atoms with E-state index in [0.717, 1.165) is 15.6 Å². The highest BCUT2D eigenvalue weighted by atomic mass is 79.9. The van der Waals surface area contributed by atoms with Crippen LogP contribution < -0.4 is 9.47 Å². The highest BCUT2D eigenvalue weighted by molar-refractivity contribution is 9.15. The van der Waals surface area contributed by atoms with Gasteiger partial charge in [0, 0.05) is 4.48 Å². The third-order valence-corrected chi connectivity index (χ3v) is 4.21. The van der Waals surface area contributed by atoms with Crippen LogP contribution in [0, 0.1) is 12.7 Å². The molecule has 2 rings (SSSR count). The zero-order chi connectivity index (χ0) is 18.9. The van der Waals surface area contributed by atoms with E-state index in [1.165, 1.54) is 12.1 Å². The summed E-state index contributed by atoms with van der Waals surface area (Å²) in [7, 11) is 0. The van der Waals surface area contributed by atoms with Crippen LogP contribution in [0.4, 0.5) is 4.39 Å². The van der Waals surface area contributed by atoms with Gasteiger partial charge in [-0.3, -0.25) is 0 Å². The van der Waals surface area contributed by atoms with Crippen molar-refractivity contribution in [2.24, 2.45) is 0 Å². The number of benzene rings is 2. The molecule has 0 atom stereocenters. The van der Waals surface area contributed by atoms with Crippen LogP contribution in [0.15, 0.2) is 48.5 Å². The van der Waals surface area contributed by atoms with E-state index in [2.05, 4.69) is 15.9 Å². The summed E-state index contributed by atoms with van der Waals surface area (Å²) in [5.74, 6) is 0.615. The lowest BCUT2D eigenvalue weighted by Crippen LogP contribution is -2.14. The maximum absolute atomic E-state index is 12.9. The predicted molar refractivity (Wildman–Crippen MR) is 102 cm³/mol. The summed E-state index contributed by atoms with van der Waals surface area (Å²) in [5, 5.41) is 0. The van der Waals surface area contributed by atoms with Gasteiger partial charge in [0.25, 0.3) is 0 Å². The summed E-state index contributed by atoms with van der Waals surface area (Å²) in [6.07, 6.45) is 1.85. The molecule has 2 aromatic rings. The van der Waals surface area contributed by atoms with Gasteiger partial charge in [0.2, 0.25) is 0 Å². The smallest absolute Gasteiger partial charge is 0.344 e. The predicted octanol–water partition coefficient (Wildman–Crippen LogP) is 4.89. The fourth-order valence-corrected chi connectivity index (χ4v) is 2.55. The van der Waals surface area contributed by atoms with Gasteiger partial charge in [-0.05, 0) is 61.4 Å². The second-order valence-electron chi connectivity index (χ2n) is 5.39. The lowest BCUT2D eigenvalue weighted by atomic mass is 10.2. The molecule has 0 aromatic heterocycles. The van der Waals surface area contributed by atoms with Crippen molar-refractivity contribution >= 4 is 26.4 Å². The van der Waals surface area contributed by atoms with E-state index < -0.39 is 5.97 Å². The molecule has 0 fully saturated rings. The molecule has 4 nitrogen and oxygen atoms in total. The van der Waals surface area contributed by atoms with Crippen LogP contribution in [0.3, 0.4) is 0 Å². The molecule has 26 heavy (non-hydrogen) atoms. The van der Waals surface area contributed by atoms with Gasteiger partial charge in [-0.15, -0.1) is 0 Å². The Hall–Kier alpha value is -2.34. The fraction of sp³-hybridized carbons (Fsp3) is 0.250. The molecule has 138 valence electrons. The van der Waals surface area contributed by atoms with E-state index in [0.29, 0.717) is 24.7 Å². The molecule has 0 N–H and O–H groups in total. The number of hydrogen-bond acceptors (Lipinski definition) is 4. The van der Waals surface area contributed by atoms with Gasteiger partial charge in [0.15, 0.2) is 6.61 Å². The Balaban J connectivity index is 1.90. The third kappa shape index (κ3) is 6.19. The van der Waals surface area contributed by atoms with Gasteiger partial charge in [-0.2, -0.15) is 0 Å². The molecule has 0 amide bonds. The lowest BCUT2D eigenvalue weighted by Gasteiger charge is -2.11. The summed E-state index contributed by atoms with van der Waals surface area (Å²) >= 11 is 3.45. The Kier molecular flexibility index (Phi) is 7.66. The molecule has 2 aromatic carbocycles. The van der Waals surface area contributed by atoms with E-state index in [4.69, 9.17) is 14.2 Å². The average molecular weight is 423 g/mol. The molecule has 0 aliphatic carbocycles. The molecule has 6 heteroatoms. The van der Waals surface area contributed by atoms with E-state index in [9.17, 15) is 9.18 Å². The van der Waals surface area contributed by atoms with Crippen molar-refractivity contribution < 1.29 is 23.4 Å². The number of ether oxygens (including phenoxy) is 3. The standard InChI is InChI=1S/C20H20BrFO4/c1-3-24-20(23)13-26-19-9-8-17(12-14(19)2)25-11-10-18(21)15-4-6-16(22)7-5-15/h4-10,12H,3,11,13H2,1-2H3/b18-10-. The minimum absolute atomic E-state index is 0.123. The number of esters is 1. The molecule has 0 heterocycles. The molecule has 0 aliphatic heterocycles. The molecule has 0 bridgehead atoms. The number of rotatable bonds is 8. The Morgan fingerprint density at radius 2 is 1.88 bits per heavy atom. The molecule has 0 saturated heterocycles. The first-order chi connectivity index (χ1) is 12.5. The molecule has 0 unspecified atom stereocenters. The lowest BCUT2D eigenvalue weighted by molar-refractivity contribution is -0.145. The van der Waals surface area contributed by atoms with Gasteiger partial charge in [-0.1, -0.05) is 28.1 Å². The Bertz CT molecular complexity index is 772. The third-order valence-electron chi connectivity index (χ3n) is 3.43. The van der Waals surface area contributed by atoms with Crippen LogP contribution in [-0.4, -0.2) is 25.8 Å². The van der Waals surface area contributed by atoms with Crippen molar-refractivity contribution in [1.29, 1.82) is 0 Å². The second-order valence-corrected chi connectivity index (χ2v) is 6.25. The van der Waals surface area contributed by atoms with Crippen LogP contribution in [0.2, 0.25) is 0 Å².